The van der Waals surface area contributed by atoms with Crippen LogP contribution in [0.3, 0.4) is 0 Å². The van der Waals surface area contributed by atoms with Crippen molar-refractivity contribution in [2.75, 3.05) is 13.2 Å². The van der Waals surface area contributed by atoms with E-state index in [2.05, 4.69) is 5.32 Å². The number of nitrogens with one attached hydrogen (secondary N) is 1. The molecule has 0 spiro atoms. The molecule has 1 atom stereocenters. The lowest BCUT2D eigenvalue weighted by Crippen LogP contribution is -2.49. The summed E-state index contributed by atoms with van der Waals surface area (Å²) in [6, 6.07) is 11.2. The minimum atomic E-state index is -0.740. The van der Waals surface area contributed by atoms with Gasteiger partial charge in [-0.05, 0) is 37.6 Å². The van der Waals surface area contributed by atoms with Crippen LogP contribution in [0.4, 0.5) is 0 Å². The zero-order valence-electron chi connectivity index (χ0n) is 16.3. The average Bonchev–Trinajstić information content (AvgIpc) is 2.70. The second-order valence-corrected chi connectivity index (χ2v) is 7.63. The Hall–Kier alpha value is -1.95. The number of ether oxygens (including phenoxy) is 1. The molecule has 5 nitrogen and oxygen atoms in total. The number of carbonyl (C=O) groups excluding carboxylic acids is 2. The first-order chi connectivity index (χ1) is 13.8. The summed E-state index contributed by atoms with van der Waals surface area (Å²) in [6.07, 6.45) is 0.790. The molecule has 0 radical (unpaired) electrons. The van der Waals surface area contributed by atoms with E-state index in [4.69, 9.17) is 39.5 Å². The number of halogens is 3. The summed E-state index contributed by atoms with van der Waals surface area (Å²) in [4.78, 5) is 26.9. The van der Waals surface area contributed by atoms with Gasteiger partial charge in [0, 0.05) is 28.7 Å². The second-order valence-electron chi connectivity index (χ2n) is 6.41. The highest BCUT2D eigenvalue weighted by Crippen LogP contribution is 2.27. The highest BCUT2D eigenvalue weighted by molar-refractivity contribution is 6.36. The minimum absolute atomic E-state index is 0.0733. The SMILES string of the molecule is CCCNC(=O)[C@H](C)N(Cc1c(Cl)cccc1Cl)C(=O)COc1ccccc1Cl. The molecule has 0 fully saturated rings. The van der Waals surface area contributed by atoms with E-state index in [9.17, 15) is 9.59 Å². The van der Waals surface area contributed by atoms with Crippen molar-refractivity contribution in [2.45, 2.75) is 32.9 Å². The molecule has 1 N–H and O–H groups in total. The summed E-state index contributed by atoms with van der Waals surface area (Å²) >= 11 is 18.6. The van der Waals surface area contributed by atoms with Crippen LogP contribution in [0.25, 0.3) is 0 Å². The fourth-order valence-electron chi connectivity index (χ4n) is 2.62. The van der Waals surface area contributed by atoms with E-state index in [1.54, 1.807) is 49.4 Å². The van der Waals surface area contributed by atoms with E-state index < -0.39 is 6.04 Å². The molecular formula is C21H23Cl3N2O3. The van der Waals surface area contributed by atoms with Gasteiger partial charge in [-0.15, -0.1) is 0 Å². The lowest BCUT2D eigenvalue weighted by atomic mass is 10.1. The first-order valence-electron chi connectivity index (χ1n) is 9.22. The molecule has 29 heavy (non-hydrogen) atoms. The van der Waals surface area contributed by atoms with Gasteiger partial charge >= 0.3 is 0 Å². The van der Waals surface area contributed by atoms with Gasteiger partial charge in [-0.1, -0.05) is 59.9 Å². The average molecular weight is 458 g/mol. The first-order valence-corrected chi connectivity index (χ1v) is 10.4. The molecule has 0 aliphatic carbocycles. The third-order valence-electron chi connectivity index (χ3n) is 4.29. The van der Waals surface area contributed by atoms with Crippen molar-refractivity contribution in [3.8, 4) is 5.75 Å². The van der Waals surface area contributed by atoms with Crippen molar-refractivity contribution >= 4 is 46.6 Å². The van der Waals surface area contributed by atoms with E-state index >= 15 is 0 Å². The van der Waals surface area contributed by atoms with Gasteiger partial charge in [-0.25, -0.2) is 0 Å². The van der Waals surface area contributed by atoms with Gasteiger partial charge in [-0.2, -0.15) is 0 Å². The molecule has 2 amide bonds. The monoisotopic (exact) mass is 456 g/mol. The van der Waals surface area contributed by atoms with Crippen LogP contribution >= 0.6 is 34.8 Å². The lowest BCUT2D eigenvalue weighted by Gasteiger charge is -2.29. The van der Waals surface area contributed by atoms with Crippen molar-refractivity contribution in [3.05, 3.63) is 63.1 Å². The summed E-state index contributed by atoms with van der Waals surface area (Å²) in [6.45, 7) is 3.92. The maximum Gasteiger partial charge on any atom is 0.261 e. The molecule has 0 aromatic heterocycles. The number of benzene rings is 2. The summed E-state index contributed by atoms with van der Waals surface area (Å²) in [5, 5.41) is 4.04. The fraction of sp³-hybridized carbons (Fsp3) is 0.333. The normalized spacial score (nSPS) is 11.6. The molecule has 2 aromatic rings. The van der Waals surface area contributed by atoms with E-state index in [0.29, 0.717) is 32.9 Å². The van der Waals surface area contributed by atoms with Crippen molar-refractivity contribution in [1.82, 2.24) is 10.2 Å². The van der Waals surface area contributed by atoms with E-state index in [1.807, 2.05) is 6.92 Å². The molecule has 2 rings (SSSR count). The second kappa shape index (κ2) is 11.3. The molecule has 0 saturated heterocycles. The summed E-state index contributed by atoms with van der Waals surface area (Å²) in [5.74, 6) is -0.262. The molecule has 0 heterocycles. The maximum atomic E-state index is 13.0. The molecule has 0 unspecified atom stereocenters. The highest BCUT2D eigenvalue weighted by atomic mass is 35.5. The molecule has 8 heteroatoms. The third-order valence-corrected chi connectivity index (χ3v) is 5.31. The van der Waals surface area contributed by atoms with Gasteiger partial charge in [0.2, 0.25) is 5.91 Å². The van der Waals surface area contributed by atoms with Crippen molar-refractivity contribution in [2.24, 2.45) is 0 Å². The van der Waals surface area contributed by atoms with Crippen LogP contribution in [-0.4, -0.2) is 35.9 Å². The smallest absolute Gasteiger partial charge is 0.261 e. The molecule has 0 aliphatic heterocycles. The Labute approximate surface area is 185 Å². The van der Waals surface area contributed by atoms with Crippen LogP contribution in [-0.2, 0) is 16.1 Å². The Morgan fingerprint density at radius 2 is 1.66 bits per heavy atom. The van der Waals surface area contributed by atoms with Gasteiger partial charge in [0.1, 0.15) is 11.8 Å². The van der Waals surface area contributed by atoms with E-state index in [0.717, 1.165) is 6.42 Å². The van der Waals surface area contributed by atoms with Gasteiger partial charge in [0.15, 0.2) is 6.61 Å². The number of para-hydroxylation sites is 1. The van der Waals surface area contributed by atoms with Gasteiger partial charge in [0.05, 0.1) is 5.02 Å². The van der Waals surface area contributed by atoms with Crippen molar-refractivity contribution in [3.63, 3.8) is 0 Å². The number of hydrogen-bond acceptors (Lipinski definition) is 3. The van der Waals surface area contributed by atoms with Crippen LogP contribution in [0.1, 0.15) is 25.8 Å². The number of amides is 2. The number of rotatable bonds is 9. The predicted octanol–water partition coefficient (Wildman–Crippen LogP) is 4.97. The Morgan fingerprint density at radius 1 is 1.03 bits per heavy atom. The summed E-state index contributed by atoms with van der Waals surface area (Å²) < 4.78 is 5.57. The lowest BCUT2D eigenvalue weighted by molar-refractivity contribution is -0.142. The fourth-order valence-corrected chi connectivity index (χ4v) is 3.32. The number of carbonyl (C=O) groups is 2. The van der Waals surface area contributed by atoms with Gasteiger partial charge in [-0.3, -0.25) is 9.59 Å². The number of nitrogens with zero attached hydrogens (tertiary/aromatic N) is 1. The topological polar surface area (TPSA) is 58.6 Å². The zero-order valence-corrected chi connectivity index (χ0v) is 18.5. The molecule has 0 saturated carbocycles. The van der Waals surface area contributed by atoms with E-state index in [1.165, 1.54) is 4.90 Å². The maximum absolute atomic E-state index is 13.0. The van der Waals surface area contributed by atoms with Crippen LogP contribution < -0.4 is 10.1 Å². The molecule has 156 valence electrons. The Balaban J connectivity index is 2.22. The Morgan fingerprint density at radius 3 is 2.28 bits per heavy atom. The summed E-state index contributed by atoms with van der Waals surface area (Å²) in [7, 11) is 0. The molecule has 0 aliphatic rings. The minimum Gasteiger partial charge on any atom is -0.482 e. The largest absolute Gasteiger partial charge is 0.482 e. The Kier molecular flexibility index (Phi) is 9.08. The Bertz CT molecular complexity index is 841. The van der Waals surface area contributed by atoms with Crippen LogP contribution in [0.15, 0.2) is 42.5 Å². The standard InChI is InChI=1S/C21H23Cl3N2O3/c1-3-11-25-21(28)14(2)26(12-15-16(22)8-6-9-17(15)23)20(27)13-29-19-10-5-4-7-18(19)24/h4-10,14H,3,11-13H2,1-2H3,(H,25,28)/t14-/m0/s1. The zero-order chi connectivity index (χ0) is 21.4. The van der Waals surface area contributed by atoms with E-state index in [-0.39, 0.29) is 25.0 Å². The van der Waals surface area contributed by atoms with Crippen LogP contribution in [0.2, 0.25) is 15.1 Å². The van der Waals surface area contributed by atoms with Crippen LogP contribution in [0.5, 0.6) is 5.75 Å². The number of hydrogen-bond donors (Lipinski definition) is 1. The van der Waals surface area contributed by atoms with Crippen molar-refractivity contribution in [1.29, 1.82) is 0 Å². The van der Waals surface area contributed by atoms with Crippen LogP contribution in [0, 0.1) is 0 Å². The van der Waals surface area contributed by atoms with Gasteiger partial charge in [0.25, 0.3) is 5.91 Å². The predicted molar refractivity (Wildman–Crippen MR) is 117 cm³/mol. The van der Waals surface area contributed by atoms with Crippen molar-refractivity contribution < 1.29 is 14.3 Å². The highest BCUT2D eigenvalue weighted by Gasteiger charge is 2.27. The molecule has 2 aromatic carbocycles. The quantitative estimate of drug-likeness (QED) is 0.578. The molecule has 0 bridgehead atoms. The van der Waals surface area contributed by atoms with Gasteiger partial charge < -0.3 is 15.0 Å². The summed E-state index contributed by atoms with van der Waals surface area (Å²) in [5.41, 5.74) is 0.567. The molecular weight excluding hydrogens is 435 g/mol. The third kappa shape index (κ3) is 6.53. The first kappa shape index (κ1) is 23.3.